The van der Waals surface area contributed by atoms with Crippen molar-refractivity contribution in [2.45, 2.75) is 13.5 Å². The van der Waals surface area contributed by atoms with E-state index in [2.05, 4.69) is 0 Å². The number of hydrogen-bond acceptors (Lipinski definition) is 2. The molecule has 0 radical (unpaired) electrons. The zero-order valence-electron chi connectivity index (χ0n) is 8.96. The molecular weight excluding hydrogens is 211 g/mol. The van der Waals surface area contributed by atoms with E-state index in [0.29, 0.717) is 18.1 Å². The van der Waals surface area contributed by atoms with Crippen LogP contribution in [0.15, 0.2) is 18.2 Å². The Hall–Kier alpha value is -1.00. The van der Waals surface area contributed by atoms with Crippen molar-refractivity contribution >= 4 is 17.2 Å². The monoisotopic (exact) mass is 226 g/mol. The molecule has 0 saturated carbocycles. The van der Waals surface area contributed by atoms with Gasteiger partial charge in [-0.3, -0.25) is 4.90 Å². The second-order valence-electron chi connectivity index (χ2n) is 3.71. The van der Waals surface area contributed by atoms with Crippen molar-refractivity contribution in [1.29, 1.82) is 0 Å². The molecule has 2 N–H and O–H groups in total. The first-order valence-corrected chi connectivity index (χ1v) is 5.11. The number of rotatable bonds is 4. The average molecular weight is 226 g/mol. The van der Waals surface area contributed by atoms with Crippen LogP contribution in [-0.4, -0.2) is 23.5 Å². The summed E-state index contributed by atoms with van der Waals surface area (Å²) in [6.45, 7) is 3.16. The molecule has 1 rings (SSSR count). The summed E-state index contributed by atoms with van der Waals surface area (Å²) in [7, 11) is 1.91. The largest absolute Gasteiger partial charge is 0.392 e. The summed E-state index contributed by atoms with van der Waals surface area (Å²) in [5.74, 6) is -0.209. The predicted molar refractivity (Wildman–Crippen MR) is 64.3 cm³/mol. The lowest BCUT2D eigenvalue weighted by Crippen LogP contribution is -2.29. The Balaban J connectivity index is 2.71. The summed E-state index contributed by atoms with van der Waals surface area (Å²) in [6, 6.07) is 4.79. The molecule has 0 aromatic heterocycles. The molecule has 0 aliphatic rings. The van der Waals surface area contributed by atoms with E-state index in [1.54, 1.807) is 12.1 Å². The first-order valence-electron chi connectivity index (χ1n) is 4.71. The first kappa shape index (κ1) is 12.1. The van der Waals surface area contributed by atoms with Crippen molar-refractivity contribution in [2.24, 2.45) is 5.73 Å². The lowest BCUT2D eigenvalue weighted by atomic mass is 10.1. The highest BCUT2D eigenvalue weighted by Gasteiger charge is 2.05. The van der Waals surface area contributed by atoms with Crippen LogP contribution in [0.1, 0.15) is 11.1 Å². The van der Waals surface area contributed by atoms with E-state index < -0.39 is 0 Å². The fourth-order valence-electron chi connectivity index (χ4n) is 1.42. The van der Waals surface area contributed by atoms with Gasteiger partial charge < -0.3 is 5.73 Å². The van der Waals surface area contributed by atoms with Gasteiger partial charge in [-0.2, -0.15) is 0 Å². The first-order chi connectivity index (χ1) is 6.99. The summed E-state index contributed by atoms with van der Waals surface area (Å²) >= 11 is 4.81. The van der Waals surface area contributed by atoms with Crippen LogP contribution in [0.25, 0.3) is 0 Å². The highest BCUT2D eigenvalue weighted by molar-refractivity contribution is 7.80. The minimum Gasteiger partial charge on any atom is -0.392 e. The summed E-state index contributed by atoms with van der Waals surface area (Å²) in [6.07, 6.45) is 0. The average Bonchev–Trinajstić information content (AvgIpc) is 2.10. The van der Waals surface area contributed by atoms with Gasteiger partial charge in [0.1, 0.15) is 5.82 Å². The molecule has 0 aliphatic heterocycles. The highest BCUT2D eigenvalue weighted by Crippen LogP contribution is 2.11. The summed E-state index contributed by atoms with van der Waals surface area (Å²) < 4.78 is 13.0. The van der Waals surface area contributed by atoms with Crippen LogP contribution in [-0.2, 0) is 6.54 Å². The van der Waals surface area contributed by atoms with Crippen molar-refractivity contribution in [1.82, 2.24) is 4.90 Å². The number of thiocarbonyl (C=S) groups is 1. The van der Waals surface area contributed by atoms with Crippen molar-refractivity contribution in [3.05, 3.63) is 35.1 Å². The molecule has 4 heteroatoms. The van der Waals surface area contributed by atoms with E-state index in [0.717, 1.165) is 11.1 Å². The molecule has 0 saturated heterocycles. The fourth-order valence-corrected chi connectivity index (χ4v) is 1.64. The van der Waals surface area contributed by atoms with Gasteiger partial charge >= 0.3 is 0 Å². The maximum Gasteiger partial charge on any atom is 0.123 e. The fraction of sp³-hybridized carbons (Fsp3) is 0.364. The summed E-state index contributed by atoms with van der Waals surface area (Å²) in [4.78, 5) is 2.41. The van der Waals surface area contributed by atoms with E-state index in [-0.39, 0.29) is 5.82 Å². The second kappa shape index (κ2) is 5.19. The van der Waals surface area contributed by atoms with E-state index >= 15 is 0 Å². The van der Waals surface area contributed by atoms with Gasteiger partial charge in [0.15, 0.2) is 0 Å². The van der Waals surface area contributed by atoms with Crippen molar-refractivity contribution < 1.29 is 4.39 Å². The molecule has 0 spiro atoms. The van der Waals surface area contributed by atoms with Crippen LogP contribution in [0.5, 0.6) is 0 Å². The Kier molecular flexibility index (Phi) is 4.17. The zero-order chi connectivity index (χ0) is 11.4. The van der Waals surface area contributed by atoms with Crippen LogP contribution >= 0.6 is 12.2 Å². The number of likely N-dealkylation sites (N-methyl/N-ethyl adjacent to an activating group) is 1. The van der Waals surface area contributed by atoms with E-state index in [4.69, 9.17) is 18.0 Å². The van der Waals surface area contributed by atoms with Gasteiger partial charge in [-0.25, -0.2) is 4.39 Å². The van der Waals surface area contributed by atoms with Gasteiger partial charge in [0.05, 0.1) is 4.99 Å². The third-order valence-corrected chi connectivity index (χ3v) is 2.31. The summed E-state index contributed by atoms with van der Waals surface area (Å²) in [5.41, 5.74) is 7.47. The molecule has 0 atom stereocenters. The van der Waals surface area contributed by atoms with Gasteiger partial charge in [0, 0.05) is 13.1 Å². The molecule has 0 bridgehead atoms. The molecule has 82 valence electrons. The minimum absolute atomic E-state index is 0.209. The van der Waals surface area contributed by atoms with E-state index in [9.17, 15) is 4.39 Å². The Bertz CT molecular complexity index is 366. The SMILES string of the molecule is Cc1ccc(F)cc1CN(C)CC(N)=S. The van der Waals surface area contributed by atoms with Crippen molar-refractivity contribution in [3.63, 3.8) is 0 Å². The maximum atomic E-state index is 13.0. The molecule has 1 aromatic rings. The number of benzene rings is 1. The predicted octanol–water partition coefficient (Wildman–Crippen LogP) is 1.85. The number of nitrogens with two attached hydrogens (primary N) is 1. The summed E-state index contributed by atoms with van der Waals surface area (Å²) in [5, 5.41) is 0. The number of hydrogen-bond donors (Lipinski definition) is 1. The van der Waals surface area contributed by atoms with Crippen LogP contribution < -0.4 is 5.73 Å². The zero-order valence-corrected chi connectivity index (χ0v) is 9.77. The standard InChI is InChI=1S/C11H15FN2S/c1-8-3-4-10(12)5-9(8)6-14(2)7-11(13)15/h3-5H,6-7H2,1-2H3,(H2,13,15). The third kappa shape index (κ3) is 3.93. The van der Waals surface area contributed by atoms with Crippen molar-refractivity contribution in [2.75, 3.05) is 13.6 Å². The Labute approximate surface area is 94.9 Å². The topological polar surface area (TPSA) is 29.3 Å². The van der Waals surface area contributed by atoms with Gasteiger partial charge in [-0.1, -0.05) is 18.3 Å². The number of nitrogens with zero attached hydrogens (tertiary/aromatic N) is 1. The molecule has 0 heterocycles. The lowest BCUT2D eigenvalue weighted by Gasteiger charge is -2.17. The lowest BCUT2D eigenvalue weighted by molar-refractivity contribution is 0.373. The molecule has 0 fully saturated rings. The third-order valence-electron chi connectivity index (χ3n) is 2.18. The molecule has 15 heavy (non-hydrogen) atoms. The smallest absolute Gasteiger partial charge is 0.123 e. The Morgan fingerprint density at radius 2 is 2.20 bits per heavy atom. The molecular formula is C11H15FN2S. The molecule has 2 nitrogen and oxygen atoms in total. The molecule has 0 aliphatic carbocycles. The van der Waals surface area contributed by atoms with Gasteiger partial charge in [0.2, 0.25) is 0 Å². The molecule has 0 unspecified atom stereocenters. The minimum atomic E-state index is -0.209. The van der Waals surface area contributed by atoms with Crippen molar-refractivity contribution in [3.8, 4) is 0 Å². The van der Waals surface area contributed by atoms with E-state index in [1.165, 1.54) is 6.07 Å². The van der Waals surface area contributed by atoms with Crippen LogP contribution in [0.3, 0.4) is 0 Å². The van der Waals surface area contributed by atoms with Gasteiger partial charge in [-0.05, 0) is 37.2 Å². The van der Waals surface area contributed by atoms with Gasteiger partial charge in [-0.15, -0.1) is 0 Å². The Morgan fingerprint density at radius 1 is 1.53 bits per heavy atom. The van der Waals surface area contributed by atoms with Crippen LogP contribution in [0, 0.1) is 12.7 Å². The number of halogens is 1. The second-order valence-corrected chi connectivity index (χ2v) is 4.23. The molecule has 1 aromatic carbocycles. The van der Waals surface area contributed by atoms with Gasteiger partial charge in [0.25, 0.3) is 0 Å². The van der Waals surface area contributed by atoms with Crippen LogP contribution in [0.4, 0.5) is 4.39 Å². The number of aryl methyl sites for hydroxylation is 1. The Morgan fingerprint density at radius 3 is 2.80 bits per heavy atom. The molecule has 0 amide bonds. The quantitative estimate of drug-likeness (QED) is 0.794. The van der Waals surface area contributed by atoms with Crippen LogP contribution in [0.2, 0.25) is 0 Å². The normalized spacial score (nSPS) is 10.7. The van der Waals surface area contributed by atoms with E-state index in [1.807, 2.05) is 18.9 Å². The highest BCUT2D eigenvalue weighted by atomic mass is 32.1. The maximum absolute atomic E-state index is 13.0.